The van der Waals surface area contributed by atoms with E-state index in [4.69, 9.17) is 10.2 Å². The number of hydrogen-bond acceptors (Lipinski definition) is 2. The molecule has 1 atom stereocenters. The molecule has 0 spiro atoms. The number of furan rings is 1. The zero-order valence-corrected chi connectivity index (χ0v) is 9.54. The largest absolute Gasteiger partial charge is 0.464 e. The van der Waals surface area contributed by atoms with E-state index in [-0.39, 0.29) is 12.4 Å². The van der Waals surface area contributed by atoms with Gasteiger partial charge in [0, 0.05) is 6.42 Å². The summed E-state index contributed by atoms with van der Waals surface area (Å²) in [6, 6.07) is -0.169. The van der Waals surface area contributed by atoms with Gasteiger partial charge in [-0.3, -0.25) is 0 Å². The predicted molar refractivity (Wildman–Crippen MR) is 53.3 cm³/mol. The lowest BCUT2D eigenvalue weighted by atomic mass is 10.1. The second-order valence-corrected chi connectivity index (χ2v) is 3.26. The van der Waals surface area contributed by atoms with Gasteiger partial charge in [-0.1, -0.05) is 6.92 Å². The lowest BCUT2D eigenvalue weighted by molar-refractivity contribution is -0.292. The van der Waals surface area contributed by atoms with Gasteiger partial charge in [-0.05, 0) is 12.1 Å². The van der Waals surface area contributed by atoms with E-state index in [1.165, 1.54) is 6.07 Å². The van der Waals surface area contributed by atoms with Crippen molar-refractivity contribution in [3.63, 3.8) is 0 Å². The molecule has 0 unspecified atom stereocenters. The van der Waals surface area contributed by atoms with E-state index < -0.39 is 23.9 Å². The molecule has 0 amide bonds. The van der Waals surface area contributed by atoms with Crippen LogP contribution < -0.4 is 5.73 Å². The van der Waals surface area contributed by atoms with Crippen LogP contribution in [-0.2, 0) is 6.42 Å². The summed E-state index contributed by atoms with van der Waals surface area (Å²) in [5, 5.41) is 0. The van der Waals surface area contributed by atoms with Crippen molar-refractivity contribution >= 4 is 12.4 Å². The van der Waals surface area contributed by atoms with E-state index in [1.807, 2.05) is 0 Å². The molecule has 0 fully saturated rings. The molecule has 2 nitrogen and oxygen atoms in total. The average molecular weight is 280 g/mol. The molecule has 0 aliphatic heterocycles. The minimum Gasteiger partial charge on any atom is -0.464 e. The van der Waals surface area contributed by atoms with E-state index in [1.54, 1.807) is 6.92 Å². The van der Waals surface area contributed by atoms with Crippen molar-refractivity contribution in [1.82, 2.24) is 0 Å². The molecule has 0 bridgehead atoms. The zero-order valence-electron chi connectivity index (χ0n) is 8.72. The Morgan fingerprint density at radius 2 is 1.76 bits per heavy atom. The molecule has 1 heterocycles. The van der Waals surface area contributed by atoms with Gasteiger partial charge in [-0.15, -0.1) is 12.4 Å². The Kier molecular flexibility index (Phi) is 4.97. The Morgan fingerprint density at radius 3 is 2.12 bits per heavy atom. The second-order valence-electron chi connectivity index (χ2n) is 3.26. The molecule has 1 aromatic rings. The lowest BCUT2D eigenvalue weighted by Gasteiger charge is -2.24. The molecule has 2 N–H and O–H groups in total. The first-order valence-electron chi connectivity index (χ1n) is 4.49. The van der Waals surface area contributed by atoms with E-state index in [0.717, 1.165) is 6.07 Å². The van der Waals surface area contributed by atoms with Crippen LogP contribution in [0.1, 0.15) is 24.5 Å². The smallest absolute Gasteiger partial charge is 0.455 e. The van der Waals surface area contributed by atoms with Crippen LogP contribution >= 0.6 is 12.4 Å². The number of nitrogens with two attached hydrogens (primary N) is 1. The first kappa shape index (κ1) is 16.2. The Labute approximate surface area is 100 Å². The minimum atomic E-state index is -5.69. The van der Waals surface area contributed by atoms with Crippen molar-refractivity contribution in [3.8, 4) is 0 Å². The molecule has 1 rings (SSSR count). The van der Waals surface area contributed by atoms with Crippen molar-refractivity contribution < 1.29 is 26.4 Å². The van der Waals surface area contributed by atoms with Gasteiger partial charge in [-0.25, -0.2) is 0 Å². The summed E-state index contributed by atoms with van der Waals surface area (Å²) in [4.78, 5) is 0. The van der Waals surface area contributed by atoms with E-state index >= 15 is 0 Å². The fourth-order valence-corrected chi connectivity index (χ4v) is 1.11. The van der Waals surface area contributed by atoms with Crippen LogP contribution in [0.2, 0.25) is 0 Å². The number of alkyl halides is 5. The molecule has 0 saturated heterocycles. The molecule has 8 heteroatoms. The molecule has 0 aliphatic rings. The molecule has 17 heavy (non-hydrogen) atoms. The van der Waals surface area contributed by atoms with Crippen LogP contribution in [0.3, 0.4) is 0 Å². The first-order valence-corrected chi connectivity index (χ1v) is 4.49. The van der Waals surface area contributed by atoms with Gasteiger partial charge in [0.1, 0.15) is 17.6 Å². The van der Waals surface area contributed by atoms with Crippen molar-refractivity contribution in [2.75, 3.05) is 0 Å². The quantitative estimate of drug-likeness (QED) is 0.861. The SMILES string of the molecule is CCc1ccc([C@@H](N)C(F)(F)C(F)(F)F)o1.Cl. The van der Waals surface area contributed by atoms with Crippen molar-refractivity contribution in [2.45, 2.75) is 31.5 Å². The van der Waals surface area contributed by atoms with Crippen molar-refractivity contribution in [2.24, 2.45) is 5.73 Å². The van der Waals surface area contributed by atoms with E-state index in [0.29, 0.717) is 12.2 Å². The predicted octanol–water partition coefficient (Wildman–Crippen LogP) is 3.46. The van der Waals surface area contributed by atoms with Crippen LogP contribution in [0.5, 0.6) is 0 Å². The Bertz CT molecular complexity index is 363. The van der Waals surface area contributed by atoms with Crippen molar-refractivity contribution in [1.29, 1.82) is 0 Å². The highest BCUT2D eigenvalue weighted by Gasteiger charge is 2.62. The van der Waals surface area contributed by atoms with Crippen LogP contribution in [0.15, 0.2) is 16.5 Å². The summed E-state index contributed by atoms with van der Waals surface area (Å²) in [6.45, 7) is 1.68. The summed E-state index contributed by atoms with van der Waals surface area (Å²) in [6.07, 6.45) is -5.30. The summed E-state index contributed by atoms with van der Waals surface area (Å²) in [7, 11) is 0. The maximum Gasteiger partial charge on any atom is 0.455 e. The highest BCUT2D eigenvalue weighted by Crippen LogP contribution is 2.43. The van der Waals surface area contributed by atoms with Crippen molar-refractivity contribution in [3.05, 3.63) is 23.7 Å². The summed E-state index contributed by atoms with van der Waals surface area (Å²) >= 11 is 0. The summed E-state index contributed by atoms with van der Waals surface area (Å²) in [5.41, 5.74) is 4.86. The lowest BCUT2D eigenvalue weighted by Crippen LogP contribution is -2.45. The number of hydrogen-bond donors (Lipinski definition) is 1. The van der Waals surface area contributed by atoms with Gasteiger partial charge in [0.15, 0.2) is 0 Å². The van der Waals surface area contributed by atoms with Crippen LogP contribution in [0, 0.1) is 0 Å². The molecule has 0 saturated carbocycles. The van der Waals surface area contributed by atoms with E-state index in [2.05, 4.69) is 0 Å². The molecule has 0 aliphatic carbocycles. The fourth-order valence-electron chi connectivity index (χ4n) is 1.11. The molecule has 100 valence electrons. The highest BCUT2D eigenvalue weighted by atomic mass is 35.5. The Balaban J connectivity index is 0.00000256. The van der Waals surface area contributed by atoms with Gasteiger partial charge in [0.2, 0.25) is 0 Å². The minimum absolute atomic E-state index is 0. The summed E-state index contributed by atoms with van der Waals surface area (Å²) < 4.78 is 66.4. The maximum absolute atomic E-state index is 12.8. The Morgan fingerprint density at radius 1 is 1.24 bits per heavy atom. The standard InChI is InChI=1S/C9H10F5NO.ClH/c1-2-5-3-4-6(16-5)7(15)8(10,11)9(12,13)14;/h3-4,7H,2,15H2,1H3;1H/t7-;/m1./s1. The van der Waals surface area contributed by atoms with Crippen LogP contribution in [0.4, 0.5) is 22.0 Å². The number of aryl methyl sites for hydroxylation is 1. The number of rotatable bonds is 3. The third-order valence-electron chi connectivity index (χ3n) is 2.11. The maximum atomic E-state index is 12.8. The fraction of sp³-hybridized carbons (Fsp3) is 0.556. The second kappa shape index (κ2) is 5.22. The Hall–Kier alpha value is -0.820. The normalized spacial score (nSPS) is 14.3. The van der Waals surface area contributed by atoms with Crippen LogP contribution in [-0.4, -0.2) is 12.1 Å². The topological polar surface area (TPSA) is 39.2 Å². The monoisotopic (exact) mass is 279 g/mol. The highest BCUT2D eigenvalue weighted by molar-refractivity contribution is 5.85. The molecule has 0 radical (unpaired) electrons. The third-order valence-corrected chi connectivity index (χ3v) is 2.11. The van der Waals surface area contributed by atoms with Gasteiger partial charge < -0.3 is 10.2 Å². The third kappa shape index (κ3) is 3.10. The van der Waals surface area contributed by atoms with Gasteiger partial charge in [0.05, 0.1) is 0 Å². The molecule has 1 aromatic heterocycles. The van der Waals surface area contributed by atoms with Gasteiger partial charge in [0.25, 0.3) is 0 Å². The van der Waals surface area contributed by atoms with Gasteiger partial charge >= 0.3 is 12.1 Å². The molecular formula is C9H11ClF5NO. The zero-order chi connectivity index (χ0) is 12.6. The number of halogens is 6. The van der Waals surface area contributed by atoms with E-state index in [9.17, 15) is 22.0 Å². The summed E-state index contributed by atoms with van der Waals surface area (Å²) in [5.74, 6) is -5.27. The average Bonchev–Trinajstić information content (AvgIpc) is 2.62. The molecule has 0 aromatic carbocycles. The van der Waals surface area contributed by atoms with Crippen LogP contribution in [0.25, 0.3) is 0 Å². The van der Waals surface area contributed by atoms with Gasteiger partial charge in [-0.2, -0.15) is 22.0 Å². The molecular weight excluding hydrogens is 269 g/mol. The first-order chi connectivity index (χ1) is 7.20.